The van der Waals surface area contributed by atoms with E-state index in [2.05, 4.69) is 15.5 Å². The summed E-state index contributed by atoms with van der Waals surface area (Å²) in [5.74, 6) is 0.0662. The molecule has 0 atom stereocenters. The van der Waals surface area contributed by atoms with Crippen molar-refractivity contribution >= 4 is 17.4 Å². The number of amides is 1. The Hall–Kier alpha value is -3.28. The average molecular weight is 321 g/mol. The van der Waals surface area contributed by atoms with Gasteiger partial charge in [0.15, 0.2) is 5.78 Å². The van der Waals surface area contributed by atoms with Crippen LogP contribution in [0.5, 0.6) is 0 Å². The Morgan fingerprint density at radius 1 is 1.12 bits per heavy atom. The Balaban J connectivity index is 1.88. The lowest BCUT2D eigenvalue weighted by atomic mass is 10.1. The number of pyridine rings is 1. The van der Waals surface area contributed by atoms with Crippen molar-refractivity contribution in [3.8, 4) is 11.3 Å². The maximum Gasteiger partial charge on any atom is 0.261 e. The molecule has 6 nitrogen and oxygen atoms in total. The normalized spacial score (nSPS) is 10.4. The quantitative estimate of drug-likeness (QED) is 0.743. The zero-order valence-corrected chi connectivity index (χ0v) is 13.2. The molecule has 0 unspecified atom stereocenters. The number of nitrogens with zero attached hydrogens (tertiary/aromatic N) is 2. The molecular formula is C18H15N3O3. The van der Waals surface area contributed by atoms with Crippen molar-refractivity contribution in [2.75, 3.05) is 5.32 Å². The molecule has 6 heteroatoms. The topological polar surface area (TPSA) is 85.1 Å². The molecule has 2 heterocycles. The minimum atomic E-state index is -0.330. The van der Waals surface area contributed by atoms with Crippen molar-refractivity contribution in [2.24, 2.45) is 0 Å². The van der Waals surface area contributed by atoms with Gasteiger partial charge in [0.05, 0.1) is 0 Å². The van der Waals surface area contributed by atoms with Gasteiger partial charge in [-0.3, -0.25) is 14.6 Å². The Labute approximate surface area is 138 Å². The van der Waals surface area contributed by atoms with E-state index in [1.165, 1.54) is 6.92 Å². The number of aryl methyl sites for hydroxylation is 1. The number of hydrogen-bond acceptors (Lipinski definition) is 5. The highest BCUT2D eigenvalue weighted by Crippen LogP contribution is 2.25. The van der Waals surface area contributed by atoms with Crippen LogP contribution < -0.4 is 5.32 Å². The summed E-state index contributed by atoms with van der Waals surface area (Å²) in [6.45, 7) is 3.18. The second-order valence-corrected chi connectivity index (χ2v) is 5.29. The highest BCUT2D eigenvalue weighted by molar-refractivity contribution is 6.08. The van der Waals surface area contributed by atoms with Crippen molar-refractivity contribution in [2.45, 2.75) is 13.8 Å². The Morgan fingerprint density at radius 3 is 2.50 bits per heavy atom. The smallest absolute Gasteiger partial charge is 0.261 e. The first kappa shape index (κ1) is 15.6. The minimum Gasteiger partial charge on any atom is -0.360 e. The van der Waals surface area contributed by atoms with Gasteiger partial charge in [0.25, 0.3) is 5.91 Å². The zero-order chi connectivity index (χ0) is 17.1. The zero-order valence-electron chi connectivity index (χ0n) is 13.2. The summed E-state index contributed by atoms with van der Waals surface area (Å²) in [4.78, 5) is 27.9. The van der Waals surface area contributed by atoms with Crippen LogP contribution in [-0.4, -0.2) is 21.8 Å². The third-order valence-corrected chi connectivity index (χ3v) is 3.57. The highest BCUT2D eigenvalue weighted by atomic mass is 16.5. The molecule has 0 aliphatic carbocycles. The molecule has 0 bridgehead atoms. The van der Waals surface area contributed by atoms with Crippen LogP contribution in [0.15, 0.2) is 53.3 Å². The molecule has 0 spiro atoms. The van der Waals surface area contributed by atoms with Gasteiger partial charge in [-0.2, -0.15) is 0 Å². The fourth-order valence-electron chi connectivity index (χ4n) is 2.32. The number of benzene rings is 1. The van der Waals surface area contributed by atoms with Crippen LogP contribution in [0.3, 0.4) is 0 Å². The first-order chi connectivity index (χ1) is 11.6. The van der Waals surface area contributed by atoms with Gasteiger partial charge in [0, 0.05) is 29.2 Å². The van der Waals surface area contributed by atoms with Gasteiger partial charge in [-0.15, -0.1) is 0 Å². The van der Waals surface area contributed by atoms with Gasteiger partial charge < -0.3 is 9.84 Å². The second kappa shape index (κ2) is 6.45. The third kappa shape index (κ3) is 3.08. The molecule has 0 aliphatic rings. The van der Waals surface area contributed by atoms with E-state index < -0.39 is 0 Å². The molecule has 24 heavy (non-hydrogen) atoms. The number of anilines is 1. The van der Waals surface area contributed by atoms with E-state index in [0.717, 1.165) is 0 Å². The van der Waals surface area contributed by atoms with E-state index >= 15 is 0 Å². The predicted octanol–water partition coefficient (Wildman–Crippen LogP) is 3.50. The van der Waals surface area contributed by atoms with Crippen molar-refractivity contribution in [1.82, 2.24) is 10.1 Å². The first-order valence-corrected chi connectivity index (χ1v) is 7.35. The molecule has 3 aromatic rings. The van der Waals surface area contributed by atoms with Crippen LogP contribution in [0.25, 0.3) is 11.3 Å². The van der Waals surface area contributed by atoms with Gasteiger partial charge in [-0.1, -0.05) is 5.16 Å². The number of carbonyl (C=O) groups excluding carboxylic acids is 2. The lowest BCUT2D eigenvalue weighted by molar-refractivity contribution is 0.101. The van der Waals surface area contributed by atoms with Crippen LogP contribution in [0.2, 0.25) is 0 Å². The first-order valence-electron chi connectivity index (χ1n) is 7.35. The monoisotopic (exact) mass is 321 g/mol. The van der Waals surface area contributed by atoms with Crippen LogP contribution in [0, 0.1) is 6.92 Å². The Bertz CT molecular complexity index is 884. The second-order valence-electron chi connectivity index (χ2n) is 5.29. The van der Waals surface area contributed by atoms with Gasteiger partial charge in [-0.25, -0.2) is 0 Å². The van der Waals surface area contributed by atoms with E-state index in [1.54, 1.807) is 49.6 Å². The summed E-state index contributed by atoms with van der Waals surface area (Å²) in [5.41, 5.74) is 2.68. The molecule has 1 aromatic carbocycles. The molecule has 3 rings (SSSR count). The predicted molar refractivity (Wildman–Crippen MR) is 88.9 cm³/mol. The number of ketones is 1. The van der Waals surface area contributed by atoms with Crippen LogP contribution in [0.4, 0.5) is 5.69 Å². The maximum atomic E-state index is 12.6. The Morgan fingerprint density at radius 2 is 1.88 bits per heavy atom. The Kier molecular flexibility index (Phi) is 4.20. The number of Topliss-reactive ketones (excluding diaryl/α,β-unsaturated/α-hetero) is 1. The standard InChI is InChI=1S/C18H15N3O3/c1-11(22)13-5-7-15(8-6-13)20-18(23)16-12(2)24-21-17(16)14-4-3-9-19-10-14/h3-10H,1-2H3,(H,20,23). The molecule has 0 radical (unpaired) electrons. The van der Waals surface area contributed by atoms with Crippen molar-refractivity contribution in [3.63, 3.8) is 0 Å². The van der Waals surface area contributed by atoms with E-state index in [9.17, 15) is 9.59 Å². The summed E-state index contributed by atoms with van der Waals surface area (Å²) in [6, 6.07) is 10.3. The van der Waals surface area contributed by atoms with Gasteiger partial charge in [0.2, 0.25) is 0 Å². The largest absolute Gasteiger partial charge is 0.360 e. The van der Waals surface area contributed by atoms with Crippen LogP contribution >= 0.6 is 0 Å². The minimum absolute atomic E-state index is 0.0263. The number of hydrogen-bond donors (Lipinski definition) is 1. The van der Waals surface area contributed by atoms with Crippen LogP contribution in [-0.2, 0) is 0 Å². The molecular weight excluding hydrogens is 306 g/mol. The molecule has 1 amide bonds. The van der Waals surface area contributed by atoms with E-state index in [-0.39, 0.29) is 11.7 Å². The SMILES string of the molecule is CC(=O)c1ccc(NC(=O)c2c(-c3cccnc3)noc2C)cc1. The summed E-state index contributed by atoms with van der Waals surface area (Å²) >= 11 is 0. The summed E-state index contributed by atoms with van der Waals surface area (Å²) in [7, 11) is 0. The lowest BCUT2D eigenvalue weighted by Crippen LogP contribution is -2.13. The highest BCUT2D eigenvalue weighted by Gasteiger charge is 2.21. The molecule has 2 aromatic heterocycles. The molecule has 0 fully saturated rings. The fraction of sp³-hybridized carbons (Fsp3) is 0.111. The van der Waals surface area contributed by atoms with Gasteiger partial charge in [0.1, 0.15) is 17.0 Å². The fourth-order valence-corrected chi connectivity index (χ4v) is 2.32. The summed E-state index contributed by atoms with van der Waals surface area (Å²) in [5, 5.41) is 6.76. The lowest BCUT2D eigenvalue weighted by Gasteiger charge is -2.06. The van der Waals surface area contributed by atoms with E-state index in [0.29, 0.717) is 33.8 Å². The summed E-state index contributed by atoms with van der Waals surface area (Å²) in [6.07, 6.45) is 3.27. The van der Waals surface area contributed by atoms with E-state index in [4.69, 9.17) is 4.52 Å². The van der Waals surface area contributed by atoms with Crippen LogP contribution in [0.1, 0.15) is 33.4 Å². The summed E-state index contributed by atoms with van der Waals surface area (Å²) < 4.78 is 5.18. The van der Waals surface area contributed by atoms with E-state index in [1.807, 2.05) is 6.07 Å². The molecule has 0 aliphatic heterocycles. The molecule has 0 saturated carbocycles. The number of carbonyl (C=O) groups is 2. The molecule has 1 N–H and O–H groups in total. The number of rotatable bonds is 4. The van der Waals surface area contributed by atoms with Gasteiger partial charge in [-0.05, 0) is 50.2 Å². The maximum absolute atomic E-state index is 12.6. The number of nitrogens with one attached hydrogen (secondary N) is 1. The van der Waals surface area contributed by atoms with Crippen molar-refractivity contribution in [3.05, 3.63) is 65.7 Å². The molecule has 120 valence electrons. The third-order valence-electron chi connectivity index (χ3n) is 3.57. The van der Waals surface area contributed by atoms with Crippen molar-refractivity contribution in [1.29, 1.82) is 0 Å². The molecule has 0 saturated heterocycles. The van der Waals surface area contributed by atoms with Crippen molar-refractivity contribution < 1.29 is 14.1 Å². The van der Waals surface area contributed by atoms with Gasteiger partial charge >= 0.3 is 0 Å². The average Bonchev–Trinajstić information content (AvgIpc) is 2.98. The number of aromatic nitrogens is 2.